The molecule has 19 heavy (non-hydrogen) atoms. The predicted molar refractivity (Wildman–Crippen MR) is 82.0 cm³/mol. The number of benzene rings is 1. The van der Waals surface area contributed by atoms with Crippen molar-refractivity contribution in [2.24, 2.45) is 10.8 Å². The second kappa shape index (κ2) is 5.07. The topological polar surface area (TPSA) is 12.5 Å². The van der Waals surface area contributed by atoms with Gasteiger partial charge in [-0.25, -0.2) is 0 Å². The van der Waals surface area contributed by atoms with Crippen LogP contribution in [0, 0.1) is 10.8 Å². The molecule has 106 valence electrons. The minimum atomic E-state index is 0.407. The Hall–Kier alpha value is -1.18. The molecule has 2 heteroatoms. The van der Waals surface area contributed by atoms with Crippen LogP contribution in [-0.2, 0) is 0 Å². The van der Waals surface area contributed by atoms with Gasteiger partial charge in [0.25, 0.3) is 0 Å². The van der Waals surface area contributed by atoms with Gasteiger partial charge in [-0.15, -0.1) is 0 Å². The van der Waals surface area contributed by atoms with Gasteiger partial charge in [0.1, 0.15) is 5.75 Å². The van der Waals surface area contributed by atoms with Crippen LogP contribution in [0.15, 0.2) is 24.3 Å². The van der Waals surface area contributed by atoms with E-state index in [9.17, 15) is 0 Å². The zero-order valence-electron chi connectivity index (χ0n) is 13.0. The van der Waals surface area contributed by atoms with E-state index in [2.05, 4.69) is 56.9 Å². The summed E-state index contributed by atoms with van der Waals surface area (Å²) in [7, 11) is 1.71. The van der Waals surface area contributed by atoms with Crippen LogP contribution >= 0.6 is 0 Å². The summed E-state index contributed by atoms with van der Waals surface area (Å²) in [5.41, 5.74) is 2.17. The SMILES string of the molecule is COc1ccc(N2CCC(C)(CC(C)(C)C)C2)cc1. The van der Waals surface area contributed by atoms with E-state index in [1.807, 2.05) is 0 Å². The molecule has 0 N–H and O–H groups in total. The van der Waals surface area contributed by atoms with E-state index in [0.717, 1.165) is 12.3 Å². The van der Waals surface area contributed by atoms with E-state index in [-0.39, 0.29) is 0 Å². The molecule has 1 unspecified atom stereocenters. The first kappa shape index (κ1) is 14.2. The first-order chi connectivity index (χ1) is 8.81. The lowest BCUT2D eigenvalue weighted by atomic mass is 9.74. The highest BCUT2D eigenvalue weighted by Crippen LogP contribution is 2.42. The number of nitrogens with zero attached hydrogens (tertiary/aromatic N) is 1. The molecule has 0 saturated carbocycles. The molecule has 1 aliphatic rings. The highest BCUT2D eigenvalue weighted by molar-refractivity contribution is 5.50. The molecule has 0 amide bonds. The van der Waals surface area contributed by atoms with E-state index in [0.29, 0.717) is 10.8 Å². The first-order valence-corrected chi connectivity index (χ1v) is 7.20. The standard InChI is InChI=1S/C17H27NO/c1-16(2,3)12-17(4)10-11-18(13-17)14-6-8-15(19-5)9-7-14/h6-9H,10-13H2,1-5H3. The summed E-state index contributed by atoms with van der Waals surface area (Å²) in [4.78, 5) is 2.51. The van der Waals surface area contributed by atoms with Gasteiger partial charge in [-0.05, 0) is 47.9 Å². The summed E-state index contributed by atoms with van der Waals surface area (Å²) in [6.45, 7) is 11.8. The smallest absolute Gasteiger partial charge is 0.119 e. The van der Waals surface area contributed by atoms with Gasteiger partial charge in [-0.1, -0.05) is 27.7 Å². The van der Waals surface area contributed by atoms with Crippen molar-refractivity contribution in [2.75, 3.05) is 25.1 Å². The highest BCUT2D eigenvalue weighted by Gasteiger charge is 2.36. The van der Waals surface area contributed by atoms with Crippen LogP contribution in [0.25, 0.3) is 0 Å². The minimum Gasteiger partial charge on any atom is -0.497 e. The summed E-state index contributed by atoms with van der Waals surface area (Å²) in [5.74, 6) is 0.931. The van der Waals surface area contributed by atoms with E-state index in [4.69, 9.17) is 4.74 Å². The fourth-order valence-electron chi connectivity index (χ4n) is 3.46. The lowest BCUT2D eigenvalue weighted by molar-refractivity contribution is 0.214. The Morgan fingerprint density at radius 3 is 2.37 bits per heavy atom. The molecule has 1 aliphatic heterocycles. The average molecular weight is 261 g/mol. The predicted octanol–water partition coefficient (Wildman–Crippen LogP) is 4.35. The molecule has 0 radical (unpaired) electrons. The van der Waals surface area contributed by atoms with Gasteiger partial charge in [0, 0.05) is 18.8 Å². The molecule has 0 spiro atoms. The Kier molecular flexibility index (Phi) is 3.80. The fourth-order valence-corrected chi connectivity index (χ4v) is 3.46. The average Bonchev–Trinajstić information content (AvgIpc) is 2.69. The Bertz CT molecular complexity index is 418. The zero-order chi connectivity index (χ0) is 14.1. The van der Waals surface area contributed by atoms with Gasteiger partial charge in [0.15, 0.2) is 0 Å². The maximum Gasteiger partial charge on any atom is 0.119 e. The highest BCUT2D eigenvalue weighted by atomic mass is 16.5. The molecular weight excluding hydrogens is 234 g/mol. The van der Waals surface area contributed by atoms with Crippen LogP contribution in [0.5, 0.6) is 5.75 Å². The number of methoxy groups -OCH3 is 1. The number of rotatable bonds is 3. The van der Waals surface area contributed by atoms with E-state index < -0.39 is 0 Å². The quantitative estimate of drug-likeness (QED) is 0.802. The van der Waals surface area contributed by atoms with Gasteiger partial charge >= 0.3 is 0 Å². The number of ether oxygens (including phenoxy) is 1. The fraction of sp³-hybridized carbons (Fsp3) is 0.647. The molecule has 0 aliphatic carbocycles. The minimum absolute atomic E-state index is 0.407. The molecule has 2 nitrogen and oxygen atoms in total. The molecular formula is C17H27NO. The molecule has 1 aromatic rings. The van der Waals surface area contributed by atoms with Crippen LogP contribution in [-0.4, -0.2) is 20.2 Å². The molecule has 1 fully saturated rings. The lowest BCUT2D eigenvalue weighted by Crippen LogP contribution is -2.28. The van der Waals surface area contributed by atoms with Crippen molar-refractivity contribution in [2.45, 2.75) is 40.5 Å². The molecule has 1 aromatic carbocycles. The lowest BCUT2D eigenvalue weighted by Gasteiger charge is -2.32. The number of hydrogen-bond acceptors (Lipinski definition) is 2. The molecule has 1 saturated heterocycles. The normalized spacial score (nSPS) is 23.7. The van der Waals surface area contributed by atoms with Crippen LogP contribution in [0.4, 0.5) is 5.69 Å². The van der Waals surface area contributed by atoms with E-state index in [1.165, 1.54) is 25.1 Å². The Morgan fingerprint density at radius 2 is 1.84 bits per heavy atom. The second-order valence-electron chi connectivity index (χ2n) is 7.42. The van der Waals surface area contributed by atoms with Crippen molar-refractivity contribution < 1.29 is 4.74 Å². The van der Waals surface area contributed by atoms with Gasteiger partial charge in [-0.2, -0.15) is 0 Å². The summed E-state index contributed by atoms with van der Waals surface area (Å²) >= 11 is 0. The van der Waals surface area contributed by atoms with Crippen LogP contribution in [0.2, 0.25) is 0 Å². The first-order valence-electron chi connectivity index (χ1n) is 7.20. The van der Waals surface area contributed by atoms with Gasteiger partial charge < -0.3 is 9.64 Å². The summed E-state index contributed by atoms with van der Waals surface area (Å²) in [6, 6.07) is 8.44. The van der Waals surface area contributed by atoms with Crippen molar-refractivity contribution in [3.8, 4) is 5.75 Å². The third-order valence-electron chi connectivity index (χ3n) is 3.95. The van der Waals surface area contributed by atoms with Gasteiger partial charge in [0.05, 0.1) is 7.11 Å². The molecule has 1 atom stereocenters. The molecule has 1 heterocycles. The summed E-state index contributed by atoms with van der Waals surface area (Å²) in [6.07, 6.45) is 2.57. The van der Waals surface area contributed by atoms with E-state index in [1.54, 1.807) is 7.11 Å². The maximum atomic E-state index is 5.22. The van der Waals surface area contributed by atoms with Crippen molar-refractivity contribution in [3.63, 3.8) is 0 Å². The Balaban J connectivity index is 2.04. The number of hydrogen-bond donors (Lipinski definition) is 0. The summed E-state index contributed by atoms with van der Waals surface area (Å²) in [5, 5.41) is 0. The Labute approximate surface area is 117 Å². The third kappa shape index (κ3) is 3.65. The monoisotopic (exact) mass is 261 g/mol. The van der Waals surface area contributed by atoms with Crippen LogP contribution < -0.4 is 9.64 Å². The van der Waals surface area contributed by atoms with Crippen LogP contribution in [0.3, 0.4) is 0 Å². The van der Waals surface area contributed by atoms with Crippen molar-refractivity contribution in [1.82, 2.24) is 0 Å². The number of anilines is 1. The maximum absolute atomic E-state index is 5.22. The van der Waals surface area contributed by atoms with E-state index >= 15 is 0 Å². The summed E-state index contributed by atoms with van der Waals surface area (Å²) < 4.78 is 5.22. The van der Waals surface area contributed by atoms with Gasteiger partial charge in [-0.3, -0.25) is 0 Å². The van der Waals surface area contributed by atoms with Crippen LogP contribution in [0.1, 0.15) is 40.5 Å². The third-order valence-corrected chi connectivity index (χ3v) is 3.95. The molecule has 0 aromatic heterocycles. The molecule has 0 bridgehead atoms. The van der Waals surface area contributed by atoms with Gasteiger partial charge in [0.2, 0.25) is 0 Å². The Morgan fingerprint density at radius 1 is 1.21 bits per heavy atom. The van der Waals surface area contributed by atoms with Crippen molar-refractivity contribution >= 4 is 5.69 Å². The van der Waals surface area contributed by atoms with Crippen molar-refractivity contribution in [3.05, 3.63) is 24.3 Å². The zero-order valence-corrected chi connectivity index (χ0v) is 13.0. The largest absolute Gasteiger partial charge is 0.497 e. The molecule has 2 rings (SSSR count). The second-order valence-corrected chi connectivity index (χ2v) is 7.42. The van der Waals surface area contributed by atoms with Crippen molar-refractivity contribution in [1.29, 1.82) is 0 Å².